The maximum Gasteiger partial charge on any atom is 0.240 e. The molecule has 0 radical (unpaired) electrons. The first-order chi connectivity index (χ1) is 7.59. The molecule has 0 atom stereocenters. The van der Waals surface area contributed by atoms with Crippen LogP contribution in [0.3, 0.4) is 0 Å². The predicted molar refractivity (Wildman–Crippen MR) is 66.4 cm³/mol. The van der Waals surface area contributed by atoms with Gasteiger partial charge >= 0.3 is 0 Å². The number of nitrogens with one attached hydrogen (secondary N) is 1. The van der Waals surface area contributed by atoms with Crippen molar-refractivity contribution in [1.82, 2.24) is 5.43 Å². The van der Waals surface area contributed by atoms with Crippen molar-refractivity contribution in [2.75, 3.05) is 0 Å². The van der Waals surface area contributed by atoms with E-state index in [1.807, 2.05) is 45.0 Å². The zero-order chi connectivity index (χ0) is 12.0. The largest absolute Gasteiger partial charge is 0.273 e. The van der Waals surface area contributed by atoms with Crippen molar-refractivity contribution in [3.63, 3.8) is 0 Å². The Bertz CT molecular complexity index is 383. The van der Waals surface area contributed by atoms with Crippen molar-refractivity contribution in [2.24, 2.45) is 11.0 Å². The second kappa shape index (κ2) is 6.05. The topological polar surface area (TPSA) is 41.5 Å². The van der Waals surface area contributed by atoms with Crippen molar-refractivity contribution < 1.29 is 4.79 Å². The summed E-state index contributed by atoms with van der Waals surface area (Å²) in [6.45, 7) is 6.02. The molecule has 0 saturated carbocycles. The van der Waals surface area contributed by atoms with Crippen LogP contribution >= 0.6 is 0 Å². The van der Waals surface area contributed by atoms with E-state index in [9.17, 15) is 4.79 Å². The fourth-order valence-electron chi connectivity index (χ4n) is 1.32. The smallest absolute Gasteiger partial charge is 0.240 e. The van der Waals surface area contributed by atoms with E-state index < -0.39 is 0 Å². The number of aryl methyl sites for hydroxylation is 1. The van der Waals surface area contributed by atoms with Crippen LogP contribution in [0.25, 0.3) is 0 Å². The second-order valence-corrected chi connectivity index (χ2v) is 4.25. The molecule has 0 unspecified atom stereocenters. The standard InChI is InChI=1S/C13H18N2O/c1-10(2)8-13(16)15-14-9-12-7-5-4-6-11(12)3/h4-7,9-10H,8H2,1-3H3,(H,15,16). The average molecular weight is 218 g/mol. The molecule has 86 valence electrons. The zero-order valence-corrected chi connectivity index (χ0v) is 10.0. The van der Waals surface area contributed by atoms with Gasteiger partial charge in [0, 0.05) is 6.42 Å². The molecule has 0 aromatic heterocycles. The molecule has 0 heterocycles. The first kappa shape index (κ1) is 12.4. The Morgan fingerprint density at radius 1 is 1.44 bits per heavy atom. The molecule has 3 heteroatoms. The van der Waals surface area contributed by atoms with Crippen LogP contribution in [0.4, 0.5) is 0 Å². The van der Waals surface area contributed by atoms with Gasteiger partial charge in [-0.15, -0.1) is 0 Å². The Morgan fingerprint density at radius 3 is 2.75 bits per heavy atom. The molecule has 0 saturated heterocycles. The maximum atomic E-state index is 11.3. The van der Waals surface area contributed by atoms with E-state index in [2.05, 4.69) is 10.5 Å². The number of carbonyl (C=O) groups excluding carboxylic acids is 1. The minimum Gasteiger partial charge on any atom is -0.273 e. The van der Waals surface area contributed by atoms with Crippen LogP contribution in [0, 0.1) is 12.8 Å². The molecule has 0 bridgehead atoms. The van der Waals surface area contributed by atoms with E-state index in [0.29, 0.717) is 12.3 Å². The first-order valence-corrected chi connectivity index (χ1v) is 5.47. The Balaban J connectivity index is 2.49. The van der Waals surface area contributed by atoms with Crippen LogP contribution < -0.4 is 5.43 Å². The van der Waals surface area contributed by atoms with E-state index in [1.54, 1.807) is 6.21 Å². The summed E-state index contributed by atoms with van der Waals surface area (Å²) >= 11 is 0. The first-order valence-electron chi connectivity index (χ1n) is 5.47. The quantitative estimate of drug-likeness (QED) is 0.612. The number of rotatable bonds is 4. The second-order valence-electron chi connectivity index (χ2n) is 4.25. The Labute approximate surface area is 96.6 Å². The zero-order valence-electron chi connectivity index (χ0n) is 10.0. The number of amides is 1. The van der Waals surface area contributed by atoms with Crippen molar-refractivity contribution in [3.05, 3.63) is 35.4 Å². The van der Waals surface area contributed by atoms with Crippen molar-refractivity contribution in [3.8, 4) is 0 Å². The fourth-order valence-corrected chi connectivity index (χ4v) is 1.32. The van der Waals surface area contributed by atoms with Crippen molar-refractivity contribution >= 4 is 12.1 Å². The normalized spacial score (nSPS) is 11.0. The number of hydrogen-bond donors (Lipinski definition) is 1. The van der Waals surface area contributed by atoms with E-state index in [0.717, 1.165) is 11.1 Å². The van der Waals surface area contributed by atoms with Gasteiger partial charge in [0.25, 0.3) is 0 Å². The Morgan fingerprint density at radius 2 is 2.12 bits per heavy atom. The summed E-state index contributed by atoms with van der Waals surface area (Å²) in [7, 11) is 0. The van der Waals surface area contributed by atoms with Gasteiger partial charge in [-0.2, -0.15) is 5.10 Å². The number of hydrogen-bond acceptors (Lipinski definition) is 2. The molecular weight excluding hydrogens is 200 g/mol. The summed E-state index contributed by atoms with van der Waals surface area (Å²) in [5.74, 6) is 0.313. The van der Waals surface area contributed by atoms with Crippen LogP contribution in [0.2, 0.25) is 0 Å². The summed E-state index contributed by atoms with van der Waals surface area (Å²) in [5.41, 5.74) is 4.68. The molecule has 1 amide bonds. The highest BCUT2D eigenvalue weighted by molar-refractivity contribution is 5.83. The number of nitrogens with zero attached hydrogens (tertiary/aromatic N) is 1. The van der Waals surface area contributed by atoms with E-state index >= 15 is 0 Å². The van der Waals surface area contributed by atoms with Crippen LogP contribution in [-0.2, 0) is 4.79 Å². The molecule has 16 heavy (non-hydrogen) atoms. The van der Waals surface area contributed by atoms with Gasteiger partial charge in [-0.3, -0.25) is 4.79 Å². The molecule has 0 spiro atoms. The predicted octanol–water partition coefficient (Wildman–Crippen LogP) is 2.49. The molecule has 3 nitrogen and oxygen atoms in total. The van der Waals surface area contributed by atoms with Crippen LogP contribution in [0.15, 0.2) is 29.4 Å². The molecule has 1 aromatic rings. The Hall–Kier alpha value is -1.64. The third kappa shape index (κ3) is 4.26. The summed E-state index contributed by atoms with van der Waals surface area (Å²) in [5, 5.41) is 3.93. The highest BCUT2D eigenvalue weighted by atomic mass is 16.2. The molecule has 0 aliphatic carbocycles. The molecule has 1 N–H and O–H groups in total. The number of benzene rings is 1. The summed E-state index contributed by atoms with van der Waals surface area (Å²) < 4.78 is 0. The van der Waals surface area contributed by atoms with Crippen molar-refractivity contribution in [1.29, 1.82) is 0 Å². The van der Waals surface area contributed by atoms with Crippen LogP contribution in [-0.4, -0.2) is 12.1 Å². The lowest BCUT2D eigenvalue weighted by Crippen LogP contribution is -2.19. The highest BCUT2D eigenvalue weighted by Gasteiger charge is 2.02. The third-order valence-corrected chi connectivity index (χ3v) is 2.17. The van der Waals surface area contributed by atoms with Gasteiger partial charge < -0.3 is 0 Å². The van der Waals surface area contributed by atoms with Crippen LogP contribution in [0.1, 0.15) is 31.4 Å². The van der Waals surface area contributed by atoms with Gasteiger partial charge in [0.2, 0.25) is 5.91 Å². The van der Waals surface area contributed by atoms with Crippen LogP contribution in [0.5, 0.6) is 0 Å². The van der Waals surface area contributed by atoms with E-state index in [4.69, 9.17) is 0 Å². The van der Waals surface area contributed by atoms with Crippen molar-refractivity contribution in [2.45, 2.75) is 27.2 Å². The van der Waals surface area contributed by atoms with Gasteiger partial charge in [-0.25, -0.2) is 5.43 Å². The fraction of sp³-hybridized carbons (Fsp3) is 0.385. The number of hydrazone groups is 1. The van der Waals surface area contributed by atoms with E-state index in [-0.39, 0.29) is 5.91 Å². The molecule has 1 aromatic carbocycles. The van der Waals surface area contributed by atoms with Gasteiger partial charge in [0.05, 0.1) is 6.21 Å². The maximum absolute atomic E-state index is 11.3. The summed E-state index contributed by atoms with van der Waals surface area (Å²) in [6.07, 6.45) is 2.18. The number of carbonyl (C=O) groups is 1. The SMILES string of the molecule is Cc1ccccc1C=NNC(=O)CC(C)C. The lowest BCUT2D eigenvalue weighted by Gasteiger charge is -2.02. The molecular formula is C13H18N2O. The molecule has 0 aliphatic rings. The lowest BCUT2D eigenvalue weighted by molar-refractivity contribution is -0.121. The monoisotopic (exact) mass is 218 g/mol. The van der Waals surface area contributed by atoms with Gasteiger partial charge in [0.15, 0.2) is 0 Å². The van der Waals surface area contributed by atoms with Gasteiger partial charge in [-0.05, 0) is 24.0 Å². The summed E-state index contributed by atoms with van der Waals surface area (Å²) in [4.78, 5) is 11.3. The molecule has 1 rings (SSSR count). The molecule has 0 aliphatic heterocycles. The summed E-state index contributed by atoms with van der Waals surface area (Å²) in [6, 6.07) is 7.90. The third-order valence-electron chi connectivity index (χ3n) is 2.17. The minimum atomic E-state index is -0.0418. The minimum absolute atomic E-state index is 0.0418. The average Bonchev–Trinajstić information content (AvgIpc) is 2.19. The molecule has 0 fully saturated rings. The van der Waals surface area contributed by atoms with Gasteiger partial charge in [0.1, 0.15) is 0 Å². The highest BCUT2D eigenvalue weighted by Crippen LogP contribution is 2.03. The Kier molecular flexibility index (Phi) is 4.70. The van der Waals surface area contributed by atoms with E-state index in [1.165, 1.54) is 0 Å². The lowest BCUT2D eigenvalue weighted by atomic mass is 10.1. The van der Waals surface area contributed by atoms with Gasteiger partial charge in [-0.1, -0.05) is 38.1 Å².